The van der Waals surface area contributed by atoms with Crippen LogP contribution in [0, 0.1) is 0 Å². The van der Waals surface area contributed by atoms with Crippen LogP contribution >= 0.6 is 0 Å². The molecule has 1 unspecified atom stereocenters. The summed E-state index contributed by atoms with van der Waals surface area (Å²) in [5.41, 5.74) is 2.77. The van der Waals surface area contributed by atoms with Gasteiger partial charge >= 0.3 is 30.0 Å². The molecule has 1 heterocycles. The number of carboxylic acids is 3. The minimum absolute atomic E-state index is 0.155. The molecule has 0 bridgehead atoms. The number of urea groups is 2. The fourth-order valence-corrected chi connectivity index (χ4v) is 3.82. The number of aryl methyl sites for hydroxylation is 1. The number of nitrogens with one attached hydrogen (secondary N) is 4. The number of carboxylic acid groups (broad SMARTS) is 3. The number of aliphatic carboxylic acids is 3. The van der Waals surface area contributed by atoms with Crippen molar-refractivity contribution in [1.82, 2.24) is 25.6 Å². The minimum atomic E-state index is -1.51. The molecule has 0 fully saturated rings. The highest BCUT2D eigenvalue weighted by Gasteiger charge is 2.25. The van der Waals surface area contributed by atoms with Gasteiger partial charge in [0, 0.05) is 24.2 Å². The average molecular weight is 600 g/mol. The number of amides is 4. The first-order valence-corrected chi connectivity index (χ1v) is 13.0. The number of benzene rings is 2. The lowest BCUT2D eigenvalue weighted by molar-refractivity contribution is -0.140. The number of rotatable bonds is 15. The van der Waals surface area contributed by atoms with Crippen LogP contribution in [-0.2, 0) is 27.2 Å². The summed E-state index contributed by atoms with van der Waals surface area (Å²) in [6, 6.07) is 8.41. The van der Waals surface area contributed by atoms with Crippen LogP contribution in [-0.4, -0.2) is 79.0 Å². The zero-order chi connectivity index (χ0) is 31.4. The first kappa shape index (κ1) is 32.0. The van der Waals surface area contributed by atoms with E-state index in [0.717, 1.165) is 0 Å². The molecule has 15 nitrogen and oxygen atoms in total. The molecule has 0 radical (unpaired) electrons. The van der Waals surface area contributed by atoms with E-state index in [2.05, 4.69) is 31.6 Å². The van der Waals surface area contributed by atoms with E-state index in [9.17, 15) is 33.5 Å². The average Bonchev–Trinajstić information content (AvgIpc) is 3.44. The fraction of sp³-hybridized carbons (Fsp3) is 0.296. The lowest BCUT2D eigenvalue weighted by Crippen LogP contribution is -2.51. The smallest absolute Gasteiger partial charge is 0.326 e. The third kappa shape index (κ3) is 10.4. The molecule has 2 aromatic carbocycles. The van der Waals surface area contributed by atoms with Crippen molar-refractivity contribution in [3.05, 3.63) is 66.0 Å². The second kappa shape index (κ2) is 15.5. The Balaban J connectivity index is 1.51. The van der Waals surface area contributed by atoms with Crippen LogP contribution in [0.2, 0.25) is 0 Å². The predicted octanol–water partition coefficient (Wildman–Crippen LogP) is 2.43. The van der Waals surface area contributed by atoms with Crippen molar-refractivity contribution in [2.75, 3.05) is 17.3 Å². The Morgan fingerprint density at radius 2 is 1.40 bits per heavy atom. The standard InChI is InChI=1S/C27H30FN7O8/c28-13-1-2-19-15-35(34-33-19)20-9-7-18(8-10-20)30-26(42)29-17-5-3-16(4-6-17)14-22(25(40)41)32-27(43)31-21(24(38)39)11-12-23(36)37/h3-10,15,21-22H,1-2,11-14H2,(H,36,37)(H,38,39)(H,40,41)(H2,29,30,42)(H2,31,32,43)/t21-,22?/m0/s1. The van der Waals surface area contributed by atoms with Gasteiger partial charge in [-0.05, 0) is 61.2 Å². The first-order valence-electron chi connectivity index (χ1n) is 13.0. The largest absolute Gasteiger partial charge is 0.481 e. The summed E-state index contributed by atoms with van der Waals surface area (Å²) in [6.07, 6.45) is 1.52. The number of alkyl halides is 1. The zero-order valence-electron chi connectivity index (χ0n) is 22.7. The molecule has 0 aliphatic rings. The highest BCUT2D eigenvalue weighted by Crippen LogP contribution is 2.15. The minimum Gasteiger partial charge on any atom is -0.481 e. The van der Waals surface area contributed by atoms with E-state index in [1.165, 1.54) is 12.1 Å². The quantitative estimate of drug-likeness (QED) is 0.135. The molecule has 7 N–H and O–H groups in total. The topological polar surface area (TPSA) is 225 Å². The summed E-state index contributed by atoms with van der Waals surface area (Å²) < 4.78 is 13.9. The maximum Gasteiger partial charge on any atom is 0.326 e. The van der Waals surface area contributed by atoms with Gasteiger partial charge in [-0.25, -0.2) is 23.9 Å². The molecule has 0 saturated carbocycles. The molecule has 0 spiro atoms. The Bertz CT molecular complexity index is 1430. The van der Waals surface area contributed by atoms with Crippen LogP contribution in [0.5, 0.6) is 0 Å². The van der Waals surface area contributed by atoms with Crippen LogP contribution in [0.1, 0.15) is 30.5 Å². The van der Waals surface area contributed by atoms with Crippen molar-refractivity contribution < 1.29 is 43.7 Å². The Hall–Kier alpha value is -5.54. The van der Waals surface area contributed by atoms with E-state index in [4.69, 9.17) is 10.2 Å². The van der Waals surface area contributed by atoms with Crippen molar-refractivity contribution in [2.45, 2.75) is 44.2 Å². The number of nitrogens with zero attached hydrogens (tertiary/aromatic N) is 3. The van der Waals surface area contributed by atoms with E-state index in [0.29, 0.717) is 41.2 Å². The first-order chi connectivity index (χ1) is 20.5. The Kier molecular flexibility index (Phi) is 11.5. The number of carbonyl (C=O) groups is 5. The lowest BCUT2D eigenvalue weighted by atomic mass is 10.1. The van der Waals surface area contributed by atoms with Crippen LogP contribution in [0.25, 0.3) is 5.69 Å². The molecule has 228 valence electrons. The van der Waals surface area contributed by atoms with Gasteiger partial charge in [0.1, 0.15) is 12.1 Å². The van der Waals surface area contributed by atoms with E-state index >= 15 is 0 Å². The summed E-state index contributed by atoms with van der Waals surface area (Å²) in [5, 5.41) is 45.0. The Morgan fingerprint density at radius 3 is 1.95 bits per heavy atom. The third-order valence-electron chi connectivity index (χ3n) is 6.00. The second-order valence-electron chi connectivity index (χ2n) is 9.31. The normalized spacial score (nSPS) is 12.0. The molecule has 0 saturated heterocycles. The number of hydrogen-bond donors (Lipinski definition) is 7. The molecule has 1 aromatic heterocycles. The number of halogens is 1. The fourth-order valence-electron chi connectivity index (χ4n) is 3.82. The molecule has 3 rings (SSSR count). The number of anilines is 2. The van der Waals surface area contributed by atoms with E-state index in [-0.39, 0.29) is 12.8 Å². The van der Waals surface area contributed by atoms with Crippen LogP contribution < -0.4 is 21.3 Å². The van der Waals surface area contributed by atoms with Gasteiger partial charge in [-0.1, -0.05) is 17.3 Å². The van der Waals surface area contributed by atoms with Gasteiger partial charge in [0.15, 0.2) is 0 Å². The molecule has 0 aliphatic heterocycles. The van der Waals surface area contributed by atoms with E-state index in [1.54, 1.807) is 47.3 Å². The summed E-state index contributed by atoms with van der Waals surface area (Å²) in [7, 11) is 0. The molecule has 0 aliphatic carbocycles. The van der Waals surface area contributed by atoms with E-state index in [1.807, 2.05) is 0 Å². The third-order valence-corrected chi connectivity index (χ3v) is 6.00. The second-order valence-corrected chi connectivity index (χ2v) is 9.31. The van der Waals surface area contributed by atoms with Crippen molar-refractivity contribution >= 4 is 41.3 Å². The highest BCUT2D eigenvalue weighted by atomic mass is 19.1. The summed E-state index contributed by atoms with van der Waals surface area (Å²) in [5.74, 6) is -4.08. The van der Waals surface area contributed by atoms with Crippen molar-refractivity contribution in [3.8, 4) is 5.69 Å². The van der Waals surface area contributed by atoms with Gasteiger partial charge in [-0.3, -0.25) is 9.18 Å². The number of carbonyl (C=O) groups excluding carboxylic acids is 2. The van der Waals surface area contributed by atoms with Gasteiger partial charge in [0.2, 0.25) is 0 Å². The lowest BCUT2D eigenvalue weighted by Gasteiger charge is -2.18. The van der Waals surface area contributed by atoms with Gasteiger partial charge in [-0.15, -0.1) is 5.10 Å². The predicted molar refractivity (Wildman–Crippen MR) is 150 cm³/mol. The molecule has 2 atom stereocenters. The Labute approximate surface area is 244 Å². The van der Waals surface area contributed by atoms with Crippen LogP contribution in [0.15, 0.2) is 54.7 Å². The van der Waals surface area contributed by atoms with Crippen molar-refractivity contribution in [3.63, 3.8) is 0 Å². The molecular formula is C27H30FN7O8. The van der Waals surface area contributed by atoms with Crippen molar-refractivity contribution in [1.29, 1.82) is 0 Å². The SMILES string of the molecule is O=C(O)CC[C@H](NC(=O)NC(Cc1ccc(NC(=O)Nc2ccc(-n3cc(CCCF)nn3)cc2)cc1)C(=O)O)C(=O)O. The summed E-state index contributed by atoms with van der Waals surface area (Å²) in [6.45, 7) is -0.431. The molecular weight excluding hydrogens is 569 g/mol. The monoisotopic (exact) mass is 599 g/mol. The summed E-state index contributed by atoms with van der Waals surface area (Å²) >= 11 is 0. The maximum absolute atomic E-state index is 12.4. The molecule has 43 heavy (non-hydrogen) atoms. The molecule has 16 heteroatoms. The van der Waals surface area contributed by atoms with Gasteiger partial charge in [0.25, 0.3) is 0 Å². The maximum atomic E-state index is 12.4. The number of hydrogen-bond acceptors (Lipinski definition) is 7. The summed E-state index contributed by atoms with van der Waals surface area (Å²) in [4.78, 5) is 58.3. The highest BCUT2D eigenvalue weighted by molar-refractivity contribution is 5.99. The number of aromatic nitrogens is 3. The van der Waals surface area contributed by atoms with Gasteiger partial charge in [0.05, 0.1) is 24.3 Å². The Morgan fingerprint density at radius 1 is 0.814 bits per heavy atom. The molecule has 4 amide bonds. The van der Waals surface area contributed by atoms with Crippen molar-refractivity contribution in [2.24, 2.45) is 0 Å². The van der Waals surface area contributed by atoms with Gasteiger partial charge < -0.3 is 36.6 Å². The van der Waals surface area contributed by atoms with Crippen LogP contribution in [0.3, 0.4) is 0 Å². The zero-order valence-corrected chi connectivity index (χ0v) is 22.7. The van der Waals surface area contributed by atoms with E-state index < -0.39 is 55.1 Å². The van der Waals surface area contributed by atoms with Gasteiger partial charge in [-0.2, -0.15) is 0 Å². The molecule has 3 aromatic rings. The van der Waals surface area contributed by atoms with Crippen LogP contribution in [0.4, 0.5) is 25.4 Å².